The lowest BCUT2D eigenvalue weighted by molar-refractivity contribution is -0.116. The molecule has 1 saturated heterocycles. The highest BCUT2D eigenvalue weighted by Gasteiger charge is 2.11. The Bertz CT molecular complexity index is 441. The van der Waals surface area contributed by atoms with Gasteiger partial charge in [0.1, 0.15) is 0 Å². The van der Waals surface area contributed by atoms with Gasteiger partial charge in [0.05, 0.1) is 5.92 Å². The first-order valence-electron chi connectivity index (χ1n) is 7.32. The van der Waals surface area contributed by atoms with Gasteiger partial charge in [-0.2, -0.15) is 0 Å². The van der Waals surface area contributed by atoms with Crippen LogP contribution in [0.2, 0.25) is 0 Å². The van der Waals surface area contributed by atoms with E-state index in [4.69, 9.17) is 5.73 Å². The molecule has 0 bridgehead atoms. The van der Waals surface area contributed by atoms with Crippen LogP contribution in [0.3, 0.4) is 0 Å². The van der Waals surface area contributed by atoms with Crippen molar-refractivity contribution < 1.29 is 4.79 Å². The quantitative estimate of drug-likeness (QED) is 0.797. The molecule has 1 aromatic rings. The number of nitrogens with zero attached hydrogens (tertiary/aromatic N) is 1. The van der Waals surface area contributed by atoms with Gasteiger partial charge in [-0.3, -0.25) is 4.79 Å². The van der Waals surface area contributed by atoms with Crippen molar-refractivity contribution in [3.05, 3.63) is 35.7 Å². The fourth-order valence-electron chi connectivity index (χ4n) is 2.55. The van der Waals surface area contributed by atoms with Crippen LogP contribution < -0.4 is 11.1 Å². The molecule has 0 saturated carbocycles. The first kappa shape index (κ1) is 14.9. The van der Waals surface area contributed by atoms with Gasteiger partial charge in [0, 0.05) is 18.8 Å². The van der Waals surface area contributed by atoms with E-state index in [-0.39, 0.29) is 5.91 Å². The van der Waals surface area contributed by atoms with Gasteiger partial charge in [-0.1, -0.05) is 12.1 Å². The minimum atomic E-state index is -0.322. The van der Waals surface area contributed by atoms with Crippen LogP contribution in [0.15, 0.2) is 24.3 Å². The standard InChI is InChI=1S/C16H24N3O/c1-13(16(17)20)11-14-5-4-6-15(12-14)18-7-10-19-8-2-3-9-19/h4-6,12,18H,2-3,7-11H2,1H3,(H2,17,20). The molecule has 1 fully saturated rings. The van der Waals surface area contributed by atoms with Crippen molar-refractivity contribution >= 4 is 11.6 Å². The van der Waals surface area contributed by atoms with Gasteiger partial charge >= 0.3 is 0 Å². The van der Waals surface area contributed by atoms with Crippen molar-refractivity contribution in [1.82, 2.24) is 4.90 Å². The average molecular weight is 274 g/mol. The minimum absolute atomic E-state index is 0.322. The first-order valence-corrected chi connectivity index (χ1v) is 7.32. The van der Waals surface area contributed by atoms with Crippen LogP contribution in [-0.2, 0) is 11.2 Å². The minimum Gasteiger partial charge on any atom is -0.384 e. The lowest BCUT2D eigenvalue weighted by Gasteiger charge is -2.16. The van der Waals surface area contributed by atoms with Crippen LogP contribution in [0.5, 0.6) is 0 Å². The predicted octanol–water partition coefficient (Wildman–Crippen LogP) is 1.82. The van der Waals surface area contributed by atoms with E-state index in [1.165, 1.54) is 25.9 Å². The van der Waals surface area contributed by atoms with Crippen molar-refractivity contribution in [2.75, 3.05) is 31.5 Å². The van der Waals surface area contributed by atoms with Crippen LogP contribution in [0.4, 0.5) is 5.69 Å². The highest BCUT2D eigenvalue weighted by atomic mass is 16.1. The van der Waals surface area contributed by atoms with E-state index in [1.807, 2.05) is 12.1 Å². The molecule has 3 N–H and O–H groups in total. The highest BCUT2D eigenvalue weighted by Crippen LogP contribution is 2.15. The van der Waals surface area contributed by atoms with E-state index in [1.54, 1.807) is 6.92 Å². The number of primary amides is 1. The number of hydrogen-bond acceptors (Lipinski definition) is 3. The molecule has 1 radical (unpaired) electrons. The van der Waals surface area contributed by atoms with Crippen LogP contribution in [0.1, 0.15) is 25.3 Å². The van der Waals surface area contributed by atoms with Crippen LogP contribution in [0, 0.1) is 5.92 Å². The second kappa shape index (κ2) is 7.29. The third kappa shape index (κ3) is 4.53. The number of likely N-dealkylation sites (tertiary alicyclic amines) is 1. The maximum absolute atomic E-state index is 11.1. The Morgan fingerprint density at radius 3 is 2.80 bits per heavy atom. The Labute approximate surface area is 121 Å². The summed E-state index contributed by atoms with van der Waals surface area (Å²) in [6.07, 6.45) is 3.28. The first-order chi connectivity index (χ1) is 9.65. The van der Waals surface area contributed by atoms with Gasteiger partial charge in [0.15, 0.2) is 0 Å². The van der Waals surface area contributed by atoms with Crippen molar-refractivity contribution in [3.63, 3.8) is 0 Å². The van der Waals surface area contributed by atoms with E-state index < -0.39 is 0 Å². The third-order valence-corrected chi connectivity index (χ3v) is 3.77. The molecule has 2 rings (SSSR count). The van der Waals surface area contributed by atoms with Crippen LogP contribution in [-0.4, -0.2) is 37.0 Å². The van der Waals surface area contributed by atoms with Crippen molar-refractivity contribution in [3.8, 4) is 0 Å². The summed E-state index contributed by atoms with van der Waals surface area (Å²) in [5.41, 5.74) is 7.50. The zero-order chi connectivity index (χ0) is 14.4. The third-order valence-electron chi connectivity index (χ3n) is 3.77. The van der Waals surface area contributed by atoms with Crippen LogP contribution in [0.25, 0.3) is 0 Å². The number of nitrogens with one attached hydrogen (secondary N) is 1. The van der Waals surface area contributed by atoms with Gasteiger partial charge in [-0.15, -0.1) is 0 Å². The van der Waals surface area contributed by atoms with Gasteiger partial charge < -0.3 is 16.0 Å². The molecular formula is C16H24N3O. The van der Waals surface area contributed by atoms with E-state index >= 15 is 0 Å². The summed E-state index contributed by atoms with van der Waals surface area (Å²) in [5.74, 6) is 0.372. The Hall–Kier alpha value is -1.55. The predicted molar refractivity (Wildman–Crippen MR) is 82.4 cm³/mol. The second-order valence-electron chi connectivity index (χ2n) is 5.50. The molecule has 1 amide bonds. The molecule has 1 aliphatic rings. The van der Waals surface area contributed by atoms with E-state index in [0.717, 1.165) is 24.3 Å². The fraction of sp³-hybridized carbons (Fsp3) is 0.500. The maximum Gasteiger partial charge on any atom is 0.224 e. The molecule has 1 aliphatic heterocycles. The zero-order valence-electron chi connectivity index (χ0n) is 12.2. The fourth-order valence-corrected chi connectivity index (χ4v) is 2.55. The SMILES string of the molecule is C[C](Cc1cccc(NCCN2CCCC2)c1)C(N)=O. The molecule has 0 atom stereocenters. The largest absolute Gasteiger partial charge is 0.384 e. The van der Waals surface area contributed by atoms with Gasteiger partial charge in [-0.25, -0.2) is 0 Å². The summed E-state index contributed by atoms with van der Waals surface area (Å²) in [4.78, 5) is 13.6. The van der Waals surface area contributed by atoms with E-state index in [2.05, 4.69) is 22.3 Å². The lowest BCUT2D eigenvalue weighted by atomic mass is 10.0. The maximum atomic E-state index is 11.1. The van der Waals surface area contributed by atoms with Crippen molar-refractivity contribution in [1.29, 1.82) is 0 Å². The zero-order valence-corrected chi connectivity index (χ0v) is 12.2. The lowest BCUT2D eigenvalue weighted by Crippen LogP contribution is -2.26. The summed E-state index contributed by atoms with van der Waals surface area (Å²) in [6, 6.07) is 8.20. The Balaban J connectivity index is 1.80. The normalized spacial score (nSPS) is 15.7. The number of carbonyl (C=O) groups is 1. The van der Waals surface area contributed by atoms with Gasteiger partial charge in [-0.05, 0) is 57.0 Å². The number of nitrogens with two attached hydrogens (primary N) is 1. The Morgan fingerprint density at radius 1 is 1.35 bits per heavy atom. The summed E-state index contributed by atoms with van der Waals surface area (Å²) < 4.78 is 0. The van der Waals surface area contributed by atoms with E-state index in [9.17, 15) is 4.79 Å². The summed E-state index contributed by atoms with van der Waals surface area (Å²) in [7, 11) is 0. The molecule has 4 nitrogen and oxygen atoms in total. The molecule has 0 unspecified atom stereocenters. The molecule has 0 aromatic heterocycles. The molecular weight excluding hydrogens is 250 g/mol. The summed E-state index contributed by atoms with van der Waals surface area (Å²) in [6.45, 7) is 6.30. The van der Waals surface area contributed by atoms with Crippen LogP contribution >= 0.6 is 0 Å². The van der Waals surface area contributed by atoms with Crippen molar-refractivity contribution in [2.24, 2.45) is 5.73 Å². The number of rotatable bonds is 7. The van der Waals surface area contributed by atoms with Crippen molar-refractivity contribution in [2.45, 2.75) is 26.2 Å². The molecule has 20 heavy (non-hydrogen) atoms. The monoisotopic (exact) mass is 274 g/mol. The highest BCUT2D eigenvalue weighted by molar-refractivity contribution is 5.88. The molecule has 1 heterocycles. The number of carbonyl (C=O) groups excluding carboxylic acids is 1. The van der Waals surface area contributed by atoms with Gasteiger partial charge in [0.25, 0.3) is 0 Å². The Morgan fingerprint density at radius 2 is 2.10 bits per heavy atom. The van der Waals surface area contributed by atoms with E-state index in [0.29, 0.717) is 12.3 Å². The molecule has 4 heteroatoms. The van der Waals surface area contributed by atoms with Gasteiger partial charge in [0.2, 0.25) is 5.91 Å². The number of hydrogen-bond donors (Lipinski definition) is 2. The molecule has 1 aromatic carbocycles. The average Bonchev–Trinajstić information content (AvgIpc) is 2.92. The second-order valence-corrected chi connectivity index (χ2v) is 5.50. The molecule has 0 aliphatic carbocycles. The smallest absolute Gasteiger partial charge is 0.224 e. The number of amides is 1. The summed E-state index contributed by atoms with van der Waals surface area (Å²) >= 11 is 0. The topological polar surface area (TPSA) is 58.4 Å². The number of benzene rings is 1. The number of anilines is 1. The molecule has 109 valence electrons. The summed E-state index contributed by atoms with van der Waals surface area (Å²) in [5, 5.41) is 3.45. The molecule has 0 spiro atoms. The Kier molecular flexibility index (Phi) is 5.41.